The van der Waals surface area contributed by atoms with Crippen LogP contribution in [0.5, 0.6) is 0 Å². The minimum absolute atomic E-state index is 0.147. The predicted molar refractivity (Wildman–Crippen MR) is 124 cm³/mol. The highest BCUT2D eigenvalue weighted by Gasteiger charge is 2.42. The number of carbonyl (C=O) groups excluding carboxylic acids is 1. The van der Waals surface area contributed by atoms with Gasteiger partial charge in [0.25, 0.3) is 5.91 Å². The van der Waals surface area contributed by atoms with Crippen molar-refractivity contribution < 1.29 is 9.21 Å². The fourth-order valence-corrected chi connectivity index (χ4v) is 4.50. The fraction of sp³-hybridized carbons (Fsp3) is 0.360. The van der Waals surface area contributed by atoms with E-state index >= 15 is 0 Å². The van der Waals surface area contributed by atoms with E-state index in [1.54, 1.807) is 23.1 Å². The molecule has 3 aromatic rings. The van der Waals surface area contributed by atoms with E-state index in [0.717, 1.165) is 37.2 Å². The smallest absolute Gasteiger partial charge is 0.290 e. The third-order valence-corrected chi connectivity index (χ3v) is 6.32. The molecular formula is C25H27ClN2O3. The van der Waals surface area contributed by atoms with Gasteiger partial charge in [0.05, 0.1) is 17.0 Å². The Bertz CT molecular complexity index is 1170. The standard InChI is InChI=1S/C25H27ClN2O3/c1-4-27(5-2)13-6-14-28-22(17-9-7-16(3)8-10-17)21-23(29)19-15-18(26)11-12-20(19)31-24(21)25(28)30/h7-12,15,22H,4-6,13-14H2,1-3H3. The van der Waals surface area contributed by atoms with Crippen LogP contribution in [-0.2, 0) is 0 Å². The SMILES string of the molecule is CCN(CC)CCCN1C(=O)c2oc3ccc(Cl)cc3c(=O)c2C1c1ccc(C)cc1. The third kappa shape index (κ3) is 4.00. The van der Waals surface area contributed by atoms with Gasteiger partial charge >= 0.3 is 0 Å². The summed E-state index contributed by atoms with van der Waals surface area (Å²) in [5.41, 5.74) is 2.64. The molecule has 2 aromatic carbocycles. The van der Waals surface area contributed by atoms with Crippen molar-refractivity contribution in [1.82, 2.24) is 9.80 Å². The number of carbonyl (C=O) groups is 1. The molecule has 1 aliphatic rings. The molecule has 0 radical (unpaired) electrons. The average molecular weight is 439 g/mol. The number of hydrogen-bond donors (Lipinski definition) is 0. The number of hydrogen-bond acceptors (Lipinski definition) is 4. The van der Waals surface area contributed by atoms with Crippen LogP contribution in [0.15, 0.2) is 51.7 Å². The summed E-state index contributed by atoms with van der Waals surface area (Å²) >= 11 is 6.13. The minimum Gasteiger partial charge on any atom is -0.450 e. The maximum absolute atomic E-state index is 13.5. The van der Waals surface area contributed by atoms with E-state index in [1.165, 1.54) is 0 Å². The largest absolute Gasteiger partial charge is 0.450 e. The van der Waals surface area contributed by atoms with Crippen LogP contribution >= 0.6 is 11.6 Å². The maximum Gasteiger partial charge on any atom is 0.290 e. The molecule has 5 nitrogen and oxygen atoms in total. The molecule has 0 aliphatic carbocycles. The molecule has 6 heteroatoms. The molecule has 1 amide bonds. The molecule has 0 N–H and O–H groups in total. The van der Waals surface area contributed by atoms with E-state index in [4.69, 9.17) is 16.0 Å². The summed E-state index contributed by atoms with van der Waals surface area (Å²) in [5.74, 6) is -0.0812. The molecule has 1 aromatic heterocycles. The molecule has 0 bridgehead atoms. The Hall–Kier alpha value is -2.63. The monoisotopic (exact) mass is 438 g/mol. The minimum atomic E-state index is -0.459. The molecule has 162 valence electrons. The van der Waals surface area contributed by atoms with Crippen LogP contribution in [0, 0.1) is 6.92 Å². The first kappa shape index (κ1) is 21.6. The van der Waals surface area contributed by atoms with Gasteiger partial charge in [0.15, 0.2) is 5.43 Å². The van der Waals surface area contributed by atoms with E-state index in [1.807, 2.05) is 31.2 Å². The van der Waals surface area contributed by atoms with Gasteiger partial charge in [-0.1, -0.05) is 55.3 Å². The van der Waals surface area contributed by atoms with Crippen LogP contribution in [0.25, 0.3) is 11.0 Å². The van der Waals surface area contributed by atoms with Crippen molar-refractivity contribution >= 4 is 28.5 Å². The van der Waals surface area contributed by atoms with Crippen LogP contribution in [0.4, 0.5) is 0 Å². The van der Waals surface area contributed by atoms with Crippen LogP contribution < -0.4 is 5.43 Å². The summed E-state index contributed by atoms with van der Waals surface area (Å²) in [5, 5.41) is 0.869. The summed E-state index contributed by atoms with van der Waals surface area (Å²) in [6.45, 7) is 9.67. The topological polar surface area (TPSA) is 53.8 Å². The van der Waals surface area contributed by atoms with Gasteiger partial charge in [-0.05, 0) is 56.7 Å². The van der Waals surface area contributed by atoms with Gasteiger partial charge in [-0.25, -0.2) is 0 Å². The fourth-order valence-electron chi connectivity index (χ4n) is 4.32. The molecule has 0 fully saturated rings. The molecule has 1 aliphatic heterocycles. The lowest BCUT2D eigenvalue weighted by Gasteiger charge is -2.26. The molecule has 0 spiro atoms. The summed E-state index contributed by atoms with van der Waals surface area (Å²) in [6, 6.07) is 12.5. The Kier molecular flexibility index (Phi) is 6.17. The van der Waals surface area contributed by atoms with Crippen LogP contribution in [0.3, 0.4) is 0 Å². The first-order chi connectivity index (χ1) is 14.9. The zero-order valence-corrected chi connectivity index (χ0v) is 18.9. The molecular weight excluding hydrogens is 412 g/mol. The number of rotatable bonds is 7. The Morgan fingerprint density at radius 3 is 2.45 bits per heavy atom. The third-order valence-electron chi connectivity index (χ3n) is 6.09. The average Bonchev–Trinajstić information content (AvgIpc) is 3.04. The number of aryl methyl sites for hydroxylation is 1. The summed E-state index contributed by atoms with van der Waals surface area (Å²) < 4.78 is 5.97. The lowest BCUT2D eigenvalue weighted by atomic mass is 9.97. The number of fused-ring (bicyclic) bond motifs is 2. The number of nitrogens with zero attached hydrogens (tertiary/aromatic N) is 2. The molecule has 1 atom stereocenters. The van der Waals surface area contributed by atoms with Gasteiger partial charge in [0.2, 0.25) is 5.76 Å². The van der Waals surface area contributed by atoms with E-state index in [-0.39, 0.29) is 17.1 Å². The van der Waals surface area contributed by atoms with Gasteiger partial charge in [-0.2, -0.15) is 0 Å². The van der Waals surface area contributed by atoms with Gasteiger partial charge in [-0.3, -0.25) is 9.59 Å². The highest BCUT2D eigenvalue weighted by molar-refractivity contribution is 6.31. The molecule has 1 unspecified atom stereocenters. The number of benzene rings is 2. The van der Waals surface area contributed by atoms with Gasteiger partial charge in [0.1, 0.15) is 5.58 Å². The Morgan fingerprint density at radius 2 is 1.77 bits per heavy atom. The number of halogens is 1. The lowest BCUT2D eigenvalue weighted by molar-refractivity contribution is 0.0720. The van der Waals surface area contributed by atoms with Crippen LogP contribution in [-0.4, -0.2) is 41.9 Å². The summed E-state index contributed by atoms with van der Waals surface area (Å²) in [4.78, 5) is 31.0. The lowest BCUT2D eigenvalue weighted by Crippen LogP contribution is -2.33. The second-order valence-electron chi connectivity index (χ2n) is 8.01. The molecule has 2 heterocycles. The molecule has 0 saturated heterocycles. The van der Waals surface area contributed by atoms with Crippen molar-refractivity contribution in [2.24, 2.45) is 0 Å². The highest BCUT2D eigenvalue weighted by atomic mass is 35.5. The Labute approximate surface area is 187 Å². The number of amides is 1. The van der Waals surface area contributed by atoms with Crippen molar-refractivity contribution in [2.75, 3.05) is 26.2 Å². The predicted octanol–water partition coefficient (Wildman–Crippen LogP) is 5.03. The summed E-state index contributed by atoms with van der Waals surface area (Å²) in [6.07, 6.45) is 0.823. The van der Waals surface area contributed by atoms with Crippen LogP contribution in [0.2, 0.25) is 5.02 Å². The van der Waals surface area contributed by atoms with Gasteiger partial charge in [-0.15, -0.1) is 0 Å². The van der Waals surface area contributed by atoms with Gasteiger partial charge < -0.3 is 14.2 Å². The summed E-state index contributed by atoms with van der Waals surface area (Å²) in [7, 11) is 0. The van der Waals surface area contributed by atoms with Crippen molar-refractivity contribution in [3.63, 3.8) is 0 Å². The van der Waals surface area contributed by atoms with Crippen molar-refractivity contribution in [2.45, 2.75) is 33.2 Å². The Morgan fingerprint density at radius 1 is 1.06 bits per heavy atom. The molecule has 4 rings (SSSR count). The van der Waals surface area contributed by atoms with Crippen LogP contribution in [0.1, 0.15) is 53.6 Å². The normalized spacial score (nSPS) is 15.8. The van der Waals surface area contributed by atoms with Crippen molar-refractivity contribution in [3.8, 4) is 0 Å². The second-order valence-corrected chi connectivity index (χ2v) is 8.44. The first-order valence-corrected chi connectivity index (χ1v) is 11.2. The van der Waals surface area contributed by atoms with Crippen molar-refractivity contribution in [3.05, 3.63) is 80.2 Å². The first-order valence-electron chi connectivity index (χ1n) is 10.8. The van der Waals surface area contributed by atoms with E-state index in [0.29, 0.717) is 28.1 Å². The van der Waals surface area contributed by atoms with E-state index in [9.17, 15) is 9.59 Å². The maximum atomic E-state index is 13.5. The molecule has 0 saturated carbocycles. The van der Waals surface area contributed by atoms with E-state index < -0.39 is 6.04 Å². The zero-order valence-electron chi connectivity index (χ0n) is 18.2. The van der Waals surface area contributed by atoms with Crippen molar-refractivity contribution in [1.29, 1.82) is 0 Å². The highest BCUT2D eigenvalue weighted by Crippen LogP contribution is 2.38. The molecule has 31 heavy (non-hydrogen) atoms. The van der Waals surface area contributed by atoms with Gasteiger partial charge in [0, 0.05) is 11.6 Å². The zero-order chi connectivity index (χ0) is 22.1. The van der Waals surface area contributed by atoms with E-state index in [2.05, 4.69) is 18.7 Å². The quantitative estimate of drug-likeness (QED) is 0.519. The second kappa shape index (κ2) is 8.85. The Balaban J connectivity index is 1.80.